The van der Waals surface area contributed by atoms with Crippen molar-refractivity contribution in [2.24, 2.45) is 0 Å². The number of benzene rings is 1. The predicted octanol–water partition coefficient (Wildman–Crippen LogP) is 4.05. The molecule has 0 aliphatic rings. The summed E-state index contributed by atoms with van der Waals surface area (Å²) in [7, 11) is 0. The van der Waals surface area contributed by atoms with Crippen LogP contribution in [0.3, 0.4) is 0 Å². The van der Waals surface area contributed by atoms with Crippen LogP contribution in [0.1, 0.15) is 12.5 Å². The molecule has 0 radical (unpaired) electrons. The SMILES string of the molecule is CCn1c(SCC(=O)OCc2ccc(-n3cccn3)cc2)nnc1-c1cccs1. The molecule has 0 N–H and O–H groups in total. The smallest absolute Gasteiger partial charge is 0.316 e. The van der Waals surface area contributed by atoms with E-state index in [0.717, 1.165) is 33.7 Å². The fourth-order valence-corrected chi connectivity index (χ4v) is 4.28. The molecule has 9 heteroatoms. The average molecular weight is 426 g/mol. The highest BCUT2D eigenvalue weighted by Gasteiger charge is 2.15. The first kappa shape index (κ1) is 19.4. The molecule has 0 saturated heterocycles. The summed E-state index contributed by atoms with van der Waals surface area (Å²) in [4.78, 5) is 13.2. The van der Waals surface area contributed by atoms with Gasteiger partial charge in [0, 0.05) is 18.9 Å². The highest BCUT2D eigenvalue weighted by atomic mass is 32.2. The molecule has 0 amide bonds. The van der Waals surface area contributed by atoms with E-state index in [9.17, 15) is 4.79 Å². The minimum absolute atomic E-state index is 0.188. The van der Waals surface area contributed by atoms with E-state index in [-0.39, 0.29) is 18.3 Å². The first-order valence-electron chi connectivity index (χ1n) is 9.09. The predicted molar refractivity (Wildman–Crippen MR) is 113 cm³/mol. The van der Waals surface area contributed by atoms with Gasteiger partial charge in [0.15, 0.2) is 11.0 Å². The maximum atomic E-state index is 12.2. The van der Waals surface area contributed by atoms with Gasteiger partial charge < -0.3 is 9.30 Å². The molecule has 7 nitrogen and oxygen atoms in total. The Kier molecular flexibility index (Phi) is 6.06. The Labute approximate surface area is 176 Å². The number of rotatable bonds is 8. The van der Waals surface area contributed by atoms with Crippen LogP contribution in [0, 0.1) is 0 Å². The average Bonchev–Trinajstić information content (AvgIpc) is 3.52. The van der Waals surface area contributed by atoms with Crippen molar-refractivity contribution >= 4 is 29.1 Å². The van der Waals surface area contributed by atoms with Gasteiger partial charge in [-0.3, -0.25) is 4.79 Å². The Morgan fingerprint density at radius 2 is 2.03 bits per heavy atom. The lowest BCUT2D eigenvalue weighted by Crippen LogP contribution is -2.08. The number of thiophene rings is 1. The first-order chi connectivity index (χ1) is 14.2. The topological polar surface area (TPSA) is 74.8 Å². The summed E-state index contributed by atoms with van der Waals surface area (Å²) < 4.78 is 9.19. The minimum Gasteiger partial charge on any atom is -0.460 e. The van der Waals surface area contributed by atoms with Gasteiger partial charge in [0.25, 0.3) is 0 Å². The van der Waals surface area contributed by atoms with Crippen molar-refractivity contribution < 1.29 is 9.53 Å². The number of ether oxygens (including phenoxy) is 1. The zero-order valence-corrected chi connectivity index (χ0v) is 17.4. The Bertz CT molecular complexity index is 1060. The number of carbonyl (C=O) groups excluding carboxylic acids is 1. The van der Waals surface area contributed by atoms with E-state index in [1.54, 1.807) is 22.2 Å². The van der Waals surface area contributed by atoms with Gasteiger partial charge in [-0.1, -0.05) is 30.0 Å². The number of carbonyl (C=O) groups is 1. The Morgan fingerprint density at radius 3 is 2.72 bits per heavy atom. The van der Waals surface area contributed by atoms with Gasteiger partial charge in [-0.05, 0) is 42.1 Å². The standard InChI is InChI=1S/C20H19N5O2S2/c1-2-24-19(17-5-3-12-28-17)22-23-20(24)29-14-18(26)27-13-15-6-8-16(9-7-15)25-11-4-10-21-25/h3-12H,2,13-14H2,1H3. The molecule has 3 heterocycles. The van der Waals surface area contributed by atoms with Crippen LogP contribution in [0.25, 0.3) is 16.4 Å². The minimum atomic E-state index is -0.283. The maximum absolute atomic E-state index is 12.2. The van der Waals surface area contributed by atoms with Crippen LogP contribution in [0.5, 0.6) is 0 Å². The summed E-state index contributed by atoms with van der Waals surface area (Å²) in [6.45, 7) is 3.01. The van der Waals surface area contributed by atoms with Crippen molar-refractivity contribution in [1.29, 1.82) is 0 Å². The molecule has 0 spiro atoms. The van der Waals surface area contributed by atoms with Crippen molar-refractivity contribution in [3.63, 3.8) is 0 Å². The molecule has 4 aromatic rings. The molecule has 0 aliphatic heterocycles. The van der Waals surface area contributed by atoms with Gasteiger partial charge >= 0.3 is 5.97 Å². The van der Waals surface area contributed by atoms with Gasteiger partial charge in [0.05, 0.1) is 16.3 Å². The number of hydrogen-bond acceptors (Lipinski definition) is 7. The number of aromatic nitrogens is 5. The van der Waals surface area contributed by atoms with Gasteiger partial charge in [0.2, 0.25) is 0 Å². The van der Waals surface area contributed by atoms with Gasteiger partial charge in [-0.25, -0.2) is 4.68 Å². The molecule has 0 atom stereocenters. The summed E-state index contributed by atoms with van der Waals surface area (Å²) in [6, 6.07) is 13.6. The monoisotopic (exact) mass is 425 g/mol. The Balaban J connectivity index is 1.30. The summed E-state index contributed by atoms with van der Waals surface area (Å²) in [5.41, 5.74) is 1.89. The molecule has 0 saturated carbocycles. The highest BCUT2D eigenvalue weighted by Crippen LogP contribution is 2.27. The van der Waals surface area contributed by atoms with E-state index in [4.69, 9.17) is 4.74 Å². The summed E-state index contributed by atoms with van der Waals surface area (Å²) in [5, 5.41) is 15.4. The number of nitrogens with zero attached hydrogens (tertiary/aromatic N) is 5. The van der Waals surface area contributed by atoms with Crippen molar-refractivity contribution in [1.82, 2.24) is 24.5 Å². The van der Waals surface area contributed by atoms with Gasteiger partial charge in [-0.2, -0.15) is 5.10 Å². The highest BCUT2D eigenvalue weighted by molar-refractivity contribution is 7.99. The third-order valence-electron chi connectivity index (χ3n) is 4.20. The van der Waals surface area contributed by atoms with Crippen LogP contribution < -0.4 is 0 Å². The van der Waals surface area contributed by atoms with E-state index in [0.29, 0.717) is 0 Å². The van der Waals surface area contributed by atoms with E-state index >= 15 is 0 Å². The second kappa shape index (κ2) is 9.06. The molecular formula is C20H19N5O2S2. The normalized spacial score (nSPS) is 10.9. The molecule has 0 aliphatic carbocycles. The lowest BCUT2D eigenvalue weighted by Gasteiger charge is -2.07. The zero-order valence-electron chi connectivity index (χ0n) is 15.8. The molecule has 0 unspecified atom stereocenters. The third kappa shape index (κ3) is 4.57. The van der Waals surface area contributed by atoms with Gasteiger partial charge in [-0.15, -0.1) is 21.5 Å². The fourth-order valence-electron chi connectivity index (χ4n) is 2.76. The number of hydrogen-bond donors (Lipinski definition) is 0. The summed E-state index contributed by atoms with van der Waals surface area (Å²) >= 11 is 2.96. The van der Waals surface area contributed by atoms with Crippen molar-refractivity contribution in [3.05, 3.63) is 65.8 Å². The van der Waals surface area contributed by atoms with Gasteiger partial charge in [0.1, 0.15) is 6.61 Å². The van der Waals surface area contributed by atoms with Crippen molar-refractivity contribution in [3.8, 4) is 16.4 Å². The molecule has 1 aromatic carbocycles. The maximum Gasteiger partial charge on any atom is 0.316 e. The van der Waals surface area contributed by atoms with E-state index in [1.165, 1.54) is 11.8 Å². The summed E-state index contributed by atoms with van der Waals surface area (Å²) in [5.74, 6) is 0.735. The fraction of sp³-hybridized carbons (Fsp3) is 0.200. The molecule has 29 heavy (non-hydrogen) atoms. The quantitative estimate of drug-likeness (QED) is 0.313. The Hall–Kier alpha value is -2.91. The molecule has 0 bridgehead atoms. The largest absolute Gasteiger partial charge is 0.460 e. The van der Waals surface area contributed by atoms with E-state index < -0.39 is 0 Å². The number of thioether (sulfide) groups is 1. The van der Waals surface area contributed by atoms with E-state index in [1.807, 2.05) is 65.5 Å². The molecule has 148 valence electrons. The van der Waals surface area contributed by atoms with Crippen LogP contribution >= 0.6 is 23.1 Å². The van der Waals surface area contributed by atoms with Crippen molar-refractivity contribution in [2.75, 3.05) is 5.75 Å². The number of esters is 1. The Morgan fingerprint density at radius 1 is 1.17 bits per heavy atom. The van der Waals surface area contributed by atoms with Crippen LogP contribution in [0.2, 0.25) is 0 Å². The zero-order chi connectivity index (χ0) is 20.1. The lowest BCUT2D eigenvalue weighted by molar-refractivity contribution is -0.141. The first-order valence-corrected chi connectivity index (χ1v) is 11.0. The second-order valence-electron chi connectivity index (χ2n) is 6.09. The van der Waals surface area contributed by atoms with E-state index in [2.05, 4.69) is 15.3 Å². The summed E-state index contributed by atoms with van der Waals surface area (Å²) in [6.07, 6.45) is 3.61. The molecular weight excluding hydrogens is 406 g/mol. The van der Waals surface area contributed by atoms with Crippen molar-refractivity contribution in [2.45, 2.75) is 25.2 Å². The molecule has 3 aromatic heterocycles. The lowest BCUT2D eigenvalue weighted by atomic mass is 10.2. The third-order valence-corrected chi connectivity index (χ3v) is 6.00. The second-order valence-corrected chi connectivity index (χ2v) is 7.98. The van der Waals surface area contributed by atoms with Crippen LogP contribution in [-0.4, -0.2) is 36.3 Å². The molecule has 0 fully saturated rings. The molecule has 4 rings (SSSR count). The van der Waals surface area contributed by atoms with Crippen LogP contribution in [0.4, 0.5) is 0 Å². The van der Waals surface area contributed by atoms with Crippen LogP contribution in [0.15, 0.2) is 65.4 Å². The van der Waals surface area contributed by atoms with Crippen LogP contribution in [-0.2, 0) is 22.7 Å².